The van der Waals surface area contributed by atoms with Crippen LogP contribution >= 0.6 is 11.3 Å². The molecule has 2 aliphatic rings. The molecule has 1 N–H and O–H groups in total. The fourth-order valence-corrected chi connectivity index (χ4v) is 5.01. The highest BCUT2D eigenvalue weighted by Gasteiger charge is 2.42. The molecule has 3 heterocycles. The molecule has 0 amide bonds. The van der Waals surface area contributed by atoms with E-state index in [2.05, 4.69) is 26.7 Å². The van der Waals surface area contributed by atoms with Gasteiger partial charge in [0.05, 0.1) is 11.8 Å². The third-order valence-corrected chi connectivity index (χ3v) is 6.33. The number of aliphatic hydroxyl groups excluding tert-OH is 1. The smallest absolute Gasteiger partial charge is 0.141 e. The Morgan fingerprint density at radius 1 is 1.20 bits per heavy atom. The van der Waals surface area contributed by atoms with Crippen molar-refractivity contribution in [1.29, 1.82) is 0 Å². The maximum Gasteiger partial charge on any atom is 0.141 e. The SMILES string of the molecule is Cc1ccc(O[C@@H]2C[C@@H]3CN(Cc4ccsc4)C[C@@H]3C[C@H]2O)c(C)n1. The molecule has 0 spiro atoms. The molecule has 0 unspecified atom stereocenters. The number of nitrogens with zero attached hydrogens (tertiary/aromatic N) is 2. The van der Waals surface area contributed by atoms with Crippen LogP contribution in [0.2, 0.25) is 0 Å². The number of fused-ring (bicyclic) bond motifs is 1. The number of likely N-dealkylation sites (tertiary alicyclic amines) is 1. The number of aromatic nitrogens is 1. The van der Waals surface area contributed by atoms with Gasteiger partial charge in [-0.05, 0) is 73.0 Å². The van der Waals surface area contributed by atoms with Crippen LogP contribution in [0.1, 0.15) is 29.8 Å². The molecule has 1 saturated heterocycles. The van der Waals surface area contributed by atoms with Gasteiger partial charge in [-0.15, -0.1) is 0 Å². The average molecular weight is 359 g/mol. The first-order valence-electron chi connectivity index (χ1n) is 9.11. The Kier molecular flexibility index (Phi) is 4.80. The Bertz CT molecular complexity index is 718. The topological polar surface area (TPSA) is 45.6 Å². The molecule has 1 aliphatic carbocycles. The molecule has 5 heteroatoms. The number of hydrogen-bond donors (Lipinski definition) is 1. The lowest BCUT2D eigenvalue weighted by Crippen LogP contribution is -2.42. The van der Waals surface area contributed by atoms with Crippen LogP contribution in [0.3, 0.4) is 0 Å². The minimum absolute atomic E-state index is 0.120. The van der Waals surface area contributed by atoms with Crippen molar-refractivity contribution < 1.29 is 9.84 Å². The first-order valence-corrected chi connectivity index (χ1v) is 10.0. The van der Waals surface area contributed by atoms with E-state index >= 15 is 0 Å². The number of thiophene rings is 1. The number of hydrogen-bond acceptors (Lipinski definition) is 5. The number of rotatable bonds is 4. The van der Waals surface area contributed by atoms with Crippen molar-refractivity contribution in [2.45, 2.75) is 45.4 Å². The molecule has 0 radical (unpaired) electrons. The summed E-state index contributed by atoms with van der Waals surface area (Å²) >= 11 is 1.76. The van der Waals surface area contributed by atoms with E-state index in [1.165, 1.54) is 5.56 Å². The number of aliphatic hydroxyl groups is 1. The molecule has 4 rings (SSSR count). The Labute approximate surface area is 153 Å². The Balaban J connectivity index is 1.40. The van der Waals surface area contributed by atoms with Gasteiger partial charge in [0.2, 0.25) is 0 Å². The van der Waals surface area contributed by atoms with Crippen LogP contribution in [0.25, 0.3) is 0 Å². The lowest BCUT2D eigenvalue weighted by Gasteiger charge is -2.35. The zero-order valence-corrected chi connectivity index (χ0v) is 15.7. The number of aryl methyl sites for hydroxylation is 2. The fraction of sp³-hybridized carbons (Fsp3) is 0.550. The molecule has 1 saturated carbocycles. The third-order valence-electron chi connectivity index (χ3n) is 5.60. The second kappa shape index (κ2) is 7.06. The molecule has 0 bridgehead atoms. The summed E-state index contributed by atoms with van der Waals surface area (Å²) in [7, 11) is 0. The van der Waals surface area contributed by atoms with E-state index in [1.54, 1.807) is 11.3 Å². The Morgan fingerprint density at radius 2 is 2.00 bits per heavy atom. The van der Waals surface area contributed by atoms with Gasteiger partial charge >= 0.3 is 0 Å². The normalized spacial score (nSPS) is 29.6. The second-order valence-electron chi connectivity index (χ2n) is 7.58. The van der Waals surface area contributed by atoms with Crippen molar-refractivity contribution >= 4 is 11.3 Å². The van der Waals surface area contributed by atoms with Gasteiger partial charge in [-0.3, -0.25) is 9.88 Å². The highest BCUT2D eigenvalue weighted by Crippen LogP contribution is 2.38. The van der Waals surface area contributed by atoms with Crippen molar-refractivity contribution in [2.24, 2.45) is 11.8 Å². The van der Waals surface area contributed by atoms with Gasteiger partial charge in [-0.1, -0.05) is 0 Å². The van der Waals surface area contributed by atoms with Gasteiger partial charge in [0.15, 0.2) is 0 Å². The molecular weight excluding hydrogens is 332 g/mol. The largest absolute Gasteiger partial charge is 0.486 e. The van der Waals surface area contributed by atoms with E-state index in [-0.39, 0.29) is 12.2 Å². The predicted molar refractivity (Wildman–Crippen MR) is 99.9 cm³/mol. The van der Waals surface area contributed by atoms with Crippen molar-refractivity contribution in [1.82, 2.24) is 9.88 Å². The van der Waals surface area contributed by atoms with Crippen LogP contribution < -0.4 is 4.74 Å². The van der Waals surface area contributed by atoms with Gasteiger partial charge in [0.25, 0.3) is 0 Å². The lowest BCUT2D eigenvalue weighted by atomic mass is 9.78. The predicted octanol–water partition coefficient (Wildman–Crippen LogP) is 3.41. The molecule has 2 aromatic heterocycles. The highest BCUT2D eigenvalue weighted by atomic mass is 32.1. The quantitative estimate of drug-likeness (QED) is 0.910. The summed E-state index contributed by atoms with van der Waals surface area (Å²) < 4.78 is 6.17. The zero-order chi connectivity index (χ0) is 17.4. The summed E-state index contributed by atoms with van der Waals surface area (Å²) in [6, 6.07) is 6.16. The second-order valence-corrected chi connectivity index (χ2v) is 8.36. The number of ether oxygens (including phenoxy) is 1. The van der Waals surface area contributed by atoms with Crippen LogP contribution in [0, 0.1) is 25.7 Å². The molecule has 134 valence electrons. The lowest BCUT2D eigenvalue weighted by molar-refractivity contribution is -0.0236. The maximum absolute atomic E-state index is 10.6. The number of pyridine rings is 1. The monoisotopic (exact) mass is 358 g/mol. The molecule has 2 aromatic rings. The summed E-state index contributed by atoms with van der Waals surface area (Å²) in [6.07, 6.45) is 1.27. The Hall–Kier alpha value is -1.43. The van der Waals surface area contributed by atoms with E-state index in [0.717, 1.165) is 49.6 Å². The highest BCUT2D eigenvalue weighted by molar-refractivity contribution is 7.07. The minimum Gasteiger partial charge on any atom is -0.486 e. The summed E-state index contributed by atoms with van der Waals surface area (Å²) in [5.41, 5.74) is 3.30. The van der Waals surface area contributed by atoms with E-state index in [0.29, 0.717) is 11.8 Å². The zero-order valence-electron chi connectivity index (χ0n) is 14.9. The van der Waals surface area contributed by atoms with Crippen LogP contribution in [0.4, 0.5) is 0 Å². The third kappa shape index (κ3) is 3.73. The molecular formula is C20H26N2O2S. The fourth-order valence-electron chi connectivity index (χ4n) is 4.35. The molecule has 2 fully saturated rings. The first kappa shape index (κ1) is 17.0. The van der Waals surface area contributed by atoms with Crippen molar-refractivity contribution in [3.63, 3.8) is 0 Å². The molecule has 25 heavy (non-hydrogen) atoms. The van der Waals surface area contributed by atoms with E-state index in [4.69, 9.17) is 4.74 Å². The van der Waals surface area contributed by atoms with Crippen molar-refractivity contribution in [2.75, 3.05) is 13.1 Å². The van der Waals surface area contributed by atoms with Crippen molar-refractivity contribution in [3.8, 4) is 5.75 Å². The van der Waals surface area contributed by atoms with Gasteiger partial charge in [0.1, 0.15) is 11.9 Å². The van der Waals surface area contributed by atoms with E-state index in [1.807, 2.05) is 26.0 Å². The van der Waals surface area contributed by atoms with E-state index < -0.39 is 0 Å². The van der Waals surface area contributed by atoms with Crippen molar-refractivity contribution in [3.05, 3.63) is 45.9 Å². The summed E-state index contributed by atoms with van der Waals surface area (Å²) in [5.74, 6) is 2.01. The standard InChI is InChI=1S/C20H26N2O2S/c1-13-3-4-19(14(2)21-13)24-20-8-17-11-22(9-15-5-6-25-12-15)10-16(17)7-18(20)23/h3-6,12,16-18,20,23H,7-11H2,1-2H3/t16-,17+,18+,20+/m0/s1. The van der Waals surface area contributed by atoms with Gasteiger partial charge in [-0.2, -0.15) is 11.3 Å². The molecule has 0 aromatic carbocycles. The van der Waals surface area contributed by atoms with Crippen LogP contribution in [0.15, 0.2) is 29.0 Å². The first-order chi connectivity index (χ1) is 12.1. The molecule has 4 nitrogen and oxygen atoms in total. The summed E-state index contributed by atoms with van der Waals surface area (Å²) in [4.78, 5) is 7.00. The van der Waals surface area contributed by atoms with Gasteiger partial charge in [0, 0.05) is 25.3 Å². The Morgan fingerprint density at radius 3 is 2.72 bits per heavy atom. The van der Waals surface area contributed by atoms with Crippen LogP contribution in [0.5, 0.6) is 5.75 Å². The molecule has 1 aliphatic heterocycles. The maximum atomic E-state index is 10.6. The summed E-state index contributed by atoms with van der Waals surface area (Å²) in [6.45, 7) is 7.18. The van der Waals surface area contributed by atoms with Gasteiger partial charge in [-0.25, -0.2) is 0 Å². The van der Waals surface area contributed by atoms with E-state index in [9.17, 15) is 5.11 Å². The van der Waals surface area contributed by atoms with Crippen LogP contribution in [-0.4, -0.2) is 40.3 Å². The molecule has 4 atom stereocenters. The van der Waals surface area contributed by atoms with Gasteiger partial charge < -0.3 is 9.84 Å². The summed E-state index contributed by atoms with van der Waals surface area (Å²) in [5, 5.41) is 15.0. The average Bonchev–Trinajstić information content (AvgIpc) is 3.20. The minimum atomic E-state index is -0.386. The van der Waals surface area contributed by atoms with Crippen LogP contribution in [-0.2, 0) is 6.54 Å².